The summed E-state index contributed by atoms with van der Waals surface area (Å²) >= 11 is 10.9. The molecule has 0 heterocycles. The Morgan fingerprint density at radius 2 is 1.12 bits per heavy atom. The molecule has 0 saturated heterocycles. The molecule has 8 heavy (non-hydrogen) atoms. The van der Waals surface area contributed by atoms with Crippen molar-refractivity contribution in [3.8, 4) is 0 Å². The minimum atomic E-state index is -1.88. The van der Waals surface area contributed by atoms with Crippen LogP contribution in [-0.4, -0.2) is 7.74 Å². The Kier molecular flexibility index (Phi) is 3.65. The molecule has 0 aromatic heterocycles. The van der Waals surface area contributed by atoms with Gasteiger partial charge in [0.2, 0.25) is 0 Å². The van der Waals surface area contributed by atoms with E-state index < -0.39 is 7.74 Å². The van der Waals surface area contributed by atoms with Crippen molar-refractivity contribution in [2.75, 3.05) is 0 Å². The topological polar surface area (TPSA) is 0 Å². The molecule has 50 valence electrons. The fraction of sp³-hybridized carbons (Fsp3) is 1.00. The van der Waals surface area contributed by atoms with Crippen LogP contribution in [0.2, 0.25) is 4.25 Å². The quantitative estimate of drug-likeness (QED) is 0.568. The molecule has 0 aromatic carbocycles. The SMILES string of the molecule is C[C](C)(C)[Ge]([Br])([Br])[Br]. The summed E-state index contributed by atoms with van der Waals surface area (Å²) in [6.45, 7) is 6.64. The molecular weight excluding hydrogens is 360 g/mol. The van der Waals surface area contributed by atoms with Gasteiger partial charge in [-0.05, 0) is 0 Å². The Morgan fingerprint density at radius 3 is 1.12 bits per heavy atom. The summed E-state index contributed by atoms with van der Waals surface area (Å²) in [5, 5.41) is 0. The zero-order valence-corrected chi connectivity index (χ0v) is 12.0. The monoisotopic (exact) mass is 368 g/mol. The average Bonchev–Trinajstić information content (AvgIpc) is 1.25. The molecule has 0 aromatic rings. The third kappa shape index (κ3) is 3.23. The molecule has 0 aliphatic carbocycles. The Balaban J connectivity index is 4.02. The fourth-order valence-corrected chi connectivity index (χ4v) is 0. The van der Waals surface area contributed by atoms with Crippen LogP contribution in [0.4, 0.5) is 0 Å². The normalized spacial score (nSPS) is 14.2. The average molecular weight is 369 g/mol. The van der Waals surface area contributed by atoms with E-state index in [1.165, 1.54) is 0 Å². The van der Waals surface area contributed by atoms with Crippen LogP contribution in [0, 0.1) is 0 Å². The molecule has 0 fully saturated rings. The van der Waals surface area contributed by atoms with Gasteiger partial charge in [0.05, 0.1) is 0 Å². The Bertz CT molecular complexity index is 66.3. The molecule has 4 heteroatoms. The van der Waals surface area contributed by atoms with Gasteiger partial charge < -0.3 is 0 Å². The molecular formula is C4H9Br3Ge. The Hall–Kier alpha value is 1.98. The molecule has 0 N–H and O–H groups in total. The summed E-state index contributed by atoms with van der Waals surface area (Å²) in [5.41, 5.74) is 0. The van der Waals surface area contributed by atoms with E-state index in [-0.39, 0.29) is 0 Å². The van der Waals surface area contributed by atoms with Gasteiger partial charge in [-0.1, -0.05) is 0 Å². The van der Waals surface area contributed by atoms with Gasteiger partial charge in [0.1, 0.15) is 0 Å². The molecule has 0 unspecified atom stereocenters. The molecule has 0 aliphatic heterocycles. The molecule has 0 spiro atoms. The summed E-state index contributed by atoms with van der Waals surface area (Å²) in [5.74, 6) is 0. The van der Waals surface area contributed by atoms with Gasteiger partial charge in [-0.2, -0.15) is 0 Å². The van der Waals surface area contributed by atoms with Crippen molar-refractivity contribution in [3.05, 3.63) is 0 Å². The zero-order chi connectivity index (χ0) is 7.00. The molecule has 0 aliphatic rings. The summed E-state index contributed by atoms with van der Waals surface area (Å²) < 4.78 is 0.375. The Labute approximate surface area is 74.0 Å². The van der Waals surface area contributed by atoms with Crippen LogP contribution in [0.15, 0.2) is 0 Å². The van der Waals surface area contributed by atoms with E-state index in [1.807, 2.05) is 0 Å². The van der Waals surface area contributed by atoms with Gasteiger partial charge in [0.25, 0.3) is 0 Å². The number of rotatable bonds is 0. The van der Waals surface area contributed by atoms with Crippen molar-refractivity contribution in [1.82, 2.24) is 0 Å². The predicted octanol–water partition coefficient (Wildman–Crippen LogP) is 3.91. The second-order valence-electron chi connectivity index (χ2n) is 2.75. The van der Waals surface area contributed by atoms with Crippen LogP contribution in [0.3, 0.4) is 0 Å². The van der Waals surface area contributed by atoms with Crippen molar-refractivity contribution in [2.24, 2.45) is 0 Å². The van der Waals surface area contributed by atoms with Gasteiger partial charge in [-0.3, -0.25) is 0 Å². The van der Waals surface area contributed by atoms with Crippen molar-refractivity contribution in [3.63, 3.8) is 0 Å². The van der Waals surface area contributed by atoms with E-state index in [2.05, 4.69) is 62.8 Å². The van der Waals surface area contributed by atoms with Gasteiger partial charge in [-0.15, -0.1) is 0 Å². The maximum absolute atomic E-state index is 3.62. The second kappa shape index (κ2) is 2.93. The van der Waals surface area contributed by atoms with E-state index in [0.717, 1.165) is 0 Å². The van der Waals surface area contributed by atoms with Gasteiger partial charge in [0.15, 0.2) is 0 Å². The van der Waals surface area contributed by atoms with Crippen LogP contribution in [0.5, 0.6) is 0 Å². The van der Waals surface area contributed by atoms with Crippen LogP contribution in [0.1, 0.15) is 20.8 Å². The third-order valence-electron chi connectivity index (χ3n) is 0.850. The summed E-state index contributed by atoms with van der Waals surface area (Å²) in [7, 11) is -1.88. The third-order valence-corrected chi connectivity index (χ3v) is 23.0. The maximum atomic E-state index is 3.62. The molecule has 0 nitrogen and oxygen atoms in total. The summed E-state index contributed by atoms with van der Waals surface area (Å²) in [4.78, 5) is 0. The van der Waals surface area contributed by atoms with E-state index in [1.54, 1.807) is 0 Å². The standard InChI is InChI=1S/C4H9Br3Ge/c1-4(2,3)8(5,6)7/h1-3H3. The minimum absolute atomic E-state index is 0.375. The molecule has 0 rings (SSSR count). The molecule has 0 atom stereocenters. The van der Waals surface area contributed by atoms with Gasteiger partial charge in [-0.25, -0.2) is 0 Å². The first kappa shape index (κ1) is 9.98. The molecule has 0 bridgehead atoms. The summed E-state index contributed by atoms with van der Waals surface area (Å²) in [6.07, 6.45) is 0. The van der Waals surface area contributed by atoms with Crippen molar-refractivity contribution < 1.29 is 0 Å². The van der Waals surface area contributed by atoms with Crippen LogP contribution >= 0.6 is 42.0 Å². The van der Waals surface area contributed by atoms with Crippen molar-refractivity contribution in [2.45, 2.75) is 25.0 Å². The fourth-order valence-electron chi connectivity index (χ4n) is 0. The molecule has 0 amide bonds. The van der Waals surface area contributed by atoms with E-state index in [0.29, 0.717) is 4.25 Å². The van der Waals surface area contributed by atoms with Crippen molar-refractivity contribution in [1.29, 1.82) is 0 Å². The summed E-state index contributed by atoms with van der Waals surface area (Å²) in [6, 6.07) is 0. The van der Waals surface area contributed by atoms with E-state index in [4.69, 9.17) is 0 Å². The van der Waals surface area contributed by atoms with Gasteiger partial charge in [0, 0.05) is 0 Å². The van der Waals surface area contributed by atoms with Crippen LogP contribution in [0.25, 0.3) is 0 Å². The van der Waals surface area contributed by atoms with Gasteiger partial charge >= 0.3 is 74.8 Å². The number of halogens is 3. The van der Waals surface area contributed by atoms with Crippen LogP contribution in [-0.2, 0) is 0 Å². The number of hydrogen-bond donors (Lipinski definition) is 0. The molecule has 0 radical (unpaired) electrons. The zero-order valence-electron chi connectivity index (χ0n) is 5.13. The second-order valence-corrected chi connectivity index (χ2v) is 43.1. The predicted molar refractivity (Wildman–Crippen MR) is 52.3 cm³/mol. The Morgan fingerprint density at radius 1 is 1.00 bits per heavy atom. The first-order valence-corrected chi connectivity index (χ1v) is 18.1. The number of hydrogen-bond acceptors (Lipinski definition) is 0. The van der Waals surface area contributed by atoms with E-state index >= 15 is 0 Å². The van der Waals surface area contributed by atoms with Crippen LogP contribution < -0.4 is 0 Å². The molecule has 0 saturated carbocycles. The van der Waals surface area contributed by atoms with E-state index in [9.17, 15) is 0 Å². The first-order valence-electron chi connectivity index (χ1n) is 2.32. The van der Waals surface area contributed by atoms with Crippen molar-refractivity contribution >= 4 is 49.8 Å². The first-order chi connectivity index (χ1) is 3.25.